The third-order valence-corrected chi connectivity index (χ3v) is 3.92. The molecule has 0 fully saturated rings. The number of sulfonamides is 1. The smallest absolute Gasteiger partial charge is 0.283 e. The number of nitrogens with zero attached hydrogens (tertiary/aromatic N) is 2. The summed E-state index contributed by atoms with van der Waals surface area (Å²) < 4.78 is 27.5. The lowest BCUT2D eigenvalue weighted by molar-refractivity contribution is 0.595. The molecular formula is C15H16N2O2S. The molecule has 0 aliphatic heterocycles. The molecule has 104 valence electrons. The molecule has 20 heavy (non-hydrogen) atoms. The molecule has 5 heteroatoms. The van der Waals surface area contributed by atoms with Gasteiger partial charge in [-0.15, -0.1) is 4.40 Å². The summed E-state index contributed by atoms with van der Waals surface area (Å²) in [6.45, 7) is 0. The molecule has 2 aromatic rings. The summed E-state index contributed by atoms with van der Waals surface area (Å²) in [5, 5.41) is 0. The molecule has 4 nitrogen and oxygen atoms in total. The quantitative estimate of drug-likeness (QED) is 0.642. The second-order valence-electron chi connectivity index (χ2n) is 4.55. The molecule has 0 unspecified atom stereocenters. The van der Waals surface area contributed by atoms with Crippen molar-refractivity contribution in [1.29, 1.82) is 0 Å². The van der Waals surface area contributed by atoms with Crippen LogP contribution in [-0.4, -0.2) is 33.8 Å². The summed E-state index contributed by atoms with van der Waals surface area (Å²) in [7, 11) is -0.187. The van der Waals surface area contributed by atoms with Crippen LogP contribution >= 0.6 is 0 Å². The van der Waals surface area contributed by atoms with Crippen LogP contribution in [0.25, 0.3) is 11.1 Å². The molecule has 0 aliphatic carbocycles. The molecule has 0 radical (unpaired) electrons. The Morgan fingerprint density at radius 2 is 1.45 bits per heavy atom. The average Bonchev–Trinajstić information content (AvgIpc) is 2.46. The third-order valence-electron chi connectivity index (χ3n) is 2.68. The standard InChI is InChI=1S/C15H16N2O2S/c1-17(2)12-16-20(18,19)15-10-8-14(9-11-15)13-6-4-3-5-7-13/h3-12H,1-2H3. The largest absolute Gasteiger partial charge is 0.368 e. The Morgan fingerprint density at radius 3 is 2.00 bits per heavy atom. The number of hydrogen-bond acceptors (Lipinski definition) is 2. The van der Waals surface area contributed by atoms with Crippen LogP contribution in [0.1, 0.15) is 0 Å². The second kappa shape index (κ2) is 5.88. The minimum atomic E-state index is -3.63. The van der Waals surface area contributed by atoms with Crippen molar-refractivity contribution in [2.75, 3.05) is 14.1 Å². The molecule has 0 N–H and O–H groups in total. The van der Waals surface area contributed by atoms with Crippen LogP contribution in [0.5, 0.6) is 0 Å². The molecule has 0 saturated heterocycles. The molecule has 0 aromatic heterocycles. The van der Waals surface area contributed by atoms with E-state index >= 15 is 0 Å². The Balaban J connectivity index is 2.29. The van der Waals surface area contributed by atoms with Crippen LogP contribution in [0, 0.1) is 0 Å². The van der Waals surface area contributed by atoms with Crippen LogP contribution in [0.4, 0.5) is 0 Å². The molecule has 2 aromatic carbocycles. The lowest BCUT2D eigenvalue weighted by Crippen LogP contribution is -2.10. The van der Waals surface area contributed by atoms with Gasteiger partial charge in [0, 0.05) is 14.1 Å². The molecule has 0 saturated carbocycles. The summed E-state index contributed by atoms with van der Waals surface area (Å²) in [5.74, 6) is 0. The molecule has 0 aliphatic rings. The Hall–Kier alpha value is -2.14. The predicted octanol–water partition coefficient (Wildman–Crippen LogP) is 2.63. The van der Waals surface area contributed by atoms with Crippen LogP contribution < -0.4 is 0 Å². The highest BCUT2D eigenvalue weighted by molar-refractivity contribution is 7.90. The third kappa shape index (κ3) is 3.45. The highest BCUT2D eigenvalue weighted by Gasteiger charge is 2.11. The summed E-state index contributed by atoms with van der Waals surface area (Å²) in [6.07, 6.45) is 1.28. The second-order valence-corrected chi connectivity index (χ2v) is 6.18. The van der Waals surface area contributed by atoms with Gasteiger partial charge >= 0.3 is 0 Å². The van der Waals surface area contributed by atoms with Gasteiger partial charge in [-0.1, -0.05) is 42.5 Å². The van der Waals surface area contributed by atoms with Crippen molar-refractivity contribution in [3.8, 4) is 11.1 Å². The molecular weight excluding hydrogens is 272 g/mol. The van der Waals surface area contributed by atoms with Gasteiger partial charge in [-0.05, 0) is 23.3 Å². The van der Waals surface area contributed by atoms with E-state index in [9.17, 15) is 8.42 Å². The first-order chi connectivity index (χ1) is 9.49. The molecule has 0 heterocycles. The maximum atomic E-state index is 12.0. The minimum Gasteiger partial charge on any atom is -0.368 e. The zero-order chi connectivity index (χ0) is 14.6. The van der Waals surface area contributed by atoms with Crippen molar-refractivity contribution in [3.05, 3.63) is 54.6 Å². The van der Waals surface area contributed by atoms with E-state index in [-0.39, 0.29) is 4.90 Å². The predicted molar refractivity (Wildman–Crippen MR) is 81.2 cm³/mol. The fraction of sp³-hybridized carbons (Fsp3) is 0.133. The van der Waals surface area contributed by atoms with Gasteiger partial charge in [0.2, 0.25) is 0 Å². The molecule has 0 amide bonds. The molecule has 0 spiro atoms. The zero-order valence-corrected chi connectivity index (χ0v) is 12.2. The number of benzene rings is 2. The van der Waals surface area contributed by atoms with E-state index < -0.39 is 10.0 Å². The van der Waals surface area contributed by atoms with Gasteiger partial charge in [0.25, 0.3) is 10.0 Å². The van der Waals surface area contributed by atoms with E-state index in [1.165, 1.54) is 6.34 Å². The van der Waals surface area contributed by atoms with Gasteiger partial charge in [0.1, 0.15) is 6.34 Å². The number of rotatable bonds is 4. The molecule has 0 bridgehead atoms. The lowest BCUT2D eigenvalue weighted by Gasteiger charge is -2.05. The fourth-order valence-electron chi connectivity index (χ4n) is 1.67. The van der Waals surface area contributed by atoms with Crippen molar-refractivity contribution in [2.24, 2.45) is 4.40 Å². The van der Waals surface area contributed by atoms with Crippen LogP contribution in [0.3, 0.4) is 0 Å². The maximum Gasteiger partial charge on any atom is 0.283 e. The zero-order valence-electron chi connectivity index (χ0n) is 11.4. The molecule has 2 rings (SSSR count). The van der Waals surface area contributed by atoms with Gasteiger partial charge in [0.15, 0.2) is 0 Å². The highest BCUT2D eigenvalue weighted by atomic mass is 32.2. The monoisotopic (exact) mass is 288 g/mol. The Bertz CT molecular complexity index is 690. The van der Waals surface area contributed by atoms with E-state index in [2.05, 4.69) is 4.40 Å². The van der Waals surface area contributed by atoms with E-state index in [0.717, 1.165) is 11.1 Å². The number of hydrogen-bond donors (Lipinski definition) is 0. The van der Waals surface area contributed by atoms with Gasteiger partial charge in [-0.2, -0.15) is 8.42 Å². The van der Waals surface area contributed by atoms with Gasteiger partial charge in [-0.3, -0.25) is 0 Å². The first-order valence-corrected chi connectivity index (χ1v) is 7.55. The SMILES string of the molecule is CN(C)C=NS(=O)(=O)c1ccc(-c2ccccc2)cc1. The Kier molecular flexibility index (Phi) is 4.20. The van der Waals surface area contributed by atoms with Crippen molar-refractivity contribution in [3.63, 3.8) is 0 Å². The molecule has 0 atom stereocenters. The van der Waals surface area contributed by atoms with Crippen molar-refractivity contribution >= 4 is 16.4 Å². The first kappa shape index (κ1) is 14.3. The van der Waals surface area contributed by atoms with Gasteiger partial charge in [0.05, 0.1) is 4.90 Å². The average molecular weight is 288 g/mol. The van der Waals surface area contributed by atoms with Crippen molar-refractivity contribution in [2.45, 2.75) is 4.90 Å². The summed E-state index contributed by atoms with van der Waals surface area (Å²) in [6, 6.07) is 16.5. The van der Waals surface area contributed by atoms with E-state index in [1.54, 1.807) is 43.3 Å². The fourth-order valence-corrected chi connectivity index (χ4v) is 2.58. The summed E-state index contributed by atoms with van der Waals surface area (Å²) >= 11 is 0. The summed E-state index contributed by atoms with van der Waals surface area (Å²) in [5.41, 5.74) is 2.02. The van der Waals surface area contributed by atoms with Crippen molar-refractivity contribution < 1.29 is 8.42 Å². The van der Waals surface area contributed by atoms with Gasteiger partial charge < -0.3 is 4.90 Å². The maximum absolute atomic E-state index is 12.0. The topological polar surface area (TPSA) is 49.7 Å². The Labute approximate surface area is 119 Å². The Morgan fingerprint density at radius 1 is 0.900 bits per heavy atom. The van der Waals surface area contributed by atoms with E-state index in [0.29, 0.717) is 0 Å². The van der Waals surface area contributed by atoms with Crippen molar-refractivity contribution in [1.82, 2.24) is 4.90 Å². The summed E-state index contributed by atoms with van der Waals surface area (Å²) in [4.78, 5) is 1.77. The minimum absolute atomic E-state index is 0.190. The van der Waals surface area contributed by atoms with Crippen LogP contribution in [-0.2, 0) is 10.0 Å². The van der Waals surface area contributed by atoms with Crippen LogP contribution in [0.15, 0.2) is 63.9 Å². The van der Waals surface area contributed by atoms with Crippen LogP contribution in [0.2, 0.25) is 0 Å². The highest BCUT2D eigenvalue weighted by Crippen LogP contribution is 2.21. The first-order valence-electron chi connectivity index (χ1n) is 6.11. The van der Waals surface area contributed by atoms with E-state index in [4.69, 9.17) is 0 Å². The van der Waals surface area contributed by atoms with Gasteiger partial charge in [-0.25, -0.2) is 0 Å². The van der Waals surface area contributed by atoms with E-state index in [1.807, 2.05) is 30.3 Å². The normalized spacial score (nSPS) is 11.7. The lowest BCUT2D eigenvalue weighted by atomic mass is 10.1.